The number of ether oxygens (including phenoxy) is 3. The summed E-state index contributed by atoms with van der Waals surface area (Å²) in [6.07, 6.45) is 3.03. The van der Waals surface area contributed by atoms with Crippen molar-refractivity contribution in [1.29, 1.82) is 5.41 Å². The van der Waals surface area contributed by atoms with E-state index in [9.17, 15) is 14.4 Å². The number of aryl methyl sites for hydroxylation is 1. The molecule has 222 valence electrons. The highest BCUT2D eigenvalue weighted by Gasteiger charge is 2.23. The Hall–Kier alpha value is -5.39. The van der Waals surface area contributed by atoms with Gasteiger partial charge in [0.2, 0.25) is 6.79 Å². The molecule has 43 heavy (non-hydrogen) atoms. The number of carbonyl (C=O) groups is 3. The summed E-state index contributed by atoms with van der Waals surface area (Å²) < 4.78 is 16.8. The minimum Gasteiger partial charge on any atom is -0.444 e. The Bertz CT molecular complexity index is 1560. The monoisotopic (exact) mass is 584 g/mol. The second-order valence-electron chi connectivity index (χ2n) is 10.5. The zero-order chi connectivity index (χ0) is 30.8. The lowest BCUT2D eigenvalue weighted by molar-refractivity contribution is -0.173. The summed E-state index contributed by atoms with van der Waals surface area (Å²) in [7, 11) is 0. The van der Waals surface area contributed by atoms with E-state index in [0.717, 1.165) is 11.1 Å². The maximum absolute atomic E-state index is 12.1. The number of hydrogen-bond donors (Lipinski definition) is 2. The number of esters is 2. The van der Waals surface area contributed by atoms with Crippen molar-refractivity contribution >= 4 is 23.9 Å². The molecule has 0 radical (unpaired) electrons. The van der Waals surface area contributed by atoms with Crippen LogP contribution < -0.4 is 5.32 Å². The van der Waals surface area contributed by atoms with Crippen molar-refractivity contribution in [3.63, 3.8) is 0 Å². The van der Waals surface area contributed by atoms with E-state index in [0.29, 0.717) is 29.2 Å². The van der Waals surface area contributed by atoms with Crippen molar-refractivity contribution in [2.45, 2.75) is 40.2 Å². The van der Waals surface area contributed by atoms with Crippen LogP contribution >= 0.6 is 0 Å². The van der Waals surface area contributed by atoms with Gasteiger partial charge < -0.3 is 14.2 Å². The van der Waals surface area contributed by atoms with E-state index < -0.39 is 30.2 Å². The van der Waals surface area contributed by atoms with Gasteiger partial charge in [0, 0.05) is 23.7 Å². The van der Waals surface area contributed by atoms with Crippen LogP contribution in [0.15, 0.2) is 79.3 Å². The molecule has 4 aromatic rings. The van der Waals surface area contributed by atoms with Gasteiger partial charge in [0.15, 0.2) is 5.82 Å². The highest BCUT2D eigenvalue weighted by atomic mass is 16.7. The Balaban J connectivity index is 1.24. The first-order valence-electron chi connectivity index (χ1n) is 13.5. The molecule has 0 saturated carbocycles. The second kappa shape index (κ2) is 14.0. The molecule has 0 atom stereocenters. The van der Waals surface area contributed by atoms with E-state index in [1.54, 1.807) is 74.3 Å². The van der Waals surface area contributed by atoms with E-state index in [-0.39, 0.29) is 18.9 Å². The predicted molar refractivity (Wildman–Crippen MR) is 156 cm³/mol. The van der Waals surface area contributed by atoms with Crippen molar-refractivity contribution in [1.82, 2.24) is 25.1 Å². The number of imidazole rings is 1. The number of aromatic nitrogens is 4. The second-order valence-corrected chi connectivity index (χ2v) is 10.5. The lowest BCUT2D eigenvalue weighted by Crippen LogP contribution is -2.30. The molecule has 0 aliphatic carbocycles. The number of nitrogens with one attached hydrogen (secondary N) is 2. The largest absolute Gasteiger partial charge is 0.444 e. The van der Waals surface area contributed by atoms with Gasteiger partial charge in [-0.3, -0.25) is 24.9 Å². The lowest BCUT2D eigenvalue weighted by Gasteiger charge is -2.16. The van der Waals surface area contributed by atoms with Gasteiger partial charge >= 0.3 is 18.0 Å². The van der Waals surface area contributed by atoms with Crippen LogP contribution in [0.4, 0.5) is 4.79 Å². The Morgan fingerprint density at radius 3 is 2.33 bits per heavy atom. The van der Waals surface area contributed by atoms with Gasteiger partial charge in [-0.2, -0.15) is 0 Å². The van der Waals surface area contributed by atoms with Crippen molar-refractivity contribution in [3.8, 4) is 17.1 Å². The predicted octanol–water partition coefficient (Wildman–Crippen LogP) is 4.60. The third kappa shape index (κ3) is 9.05. The summed E-state index contributed by atoms with van der Waals surface area (Å²) >= 11 is 0. The topological polar surface area (TPSA) is 158 Å². The first-order valence-corrected chi connectivity index (χ1v) is 13.5. The minimum absolute atomic E-state index is 0.0759. The Morgan fingerprint density at radius 2 is 1.65 bits per heavy atom. The molecule has 4 rings (SSSR count). The molecular weight excluding hydrogens is 552 g/mol. The molecule has 0 bridgehead atoms. The maximum atomic E-state index is 12.1. The highest BCUT2D eigenvalue weighted by molar-refractivity contribution is 6.04. The van der Waals surface area contributed by atoms with E-state index in [1.807, 2.05) is 30.3 Å². The third-order valence-corrected chi connectivity index (χ3v) is 6.07. The molecule has 2 heterocycles. The fraction of sp³-hybridized carbons (Fsp3) is 0.258. The molecule has 0 saturated heterocycles. The zero-order valence-electron chi connectivity index (χ0n) is 24.1. The van der Waals surface area contributed by atoms with Crippen LogP contribution in [0.1, 0.15) is 44.0 Å². The van der Waals surface area contributed by atoms with Crippen LogP contribution in [-0.2, 0) is 36.8 Å². The van der Waals surface area contributed by atoms with Crippen molar-refractivity contribution in [2.75, 3.05) is 6.79 Å². The third-order valence-electron chi connectivity index (χ3n) is 6.07. The number of amidine groups is 1. The molecule has 0 spiro atoms. The first kappa shape index (κ1) is 30.6. The van der Waals surface area contributed by atoms with Crippen LogP contribution in [0.25, 0.3) is 17.1 Å². The molecule has 12 nitrogen and oxygen atoms in total. The molecule has 0 aliphatic heterocycles. The average molecular weight is 585 g/mol. The van der Waals surface area contributed by atoms with Crippen LogP contribution in [0.5, 0.6) is 0 Å². The van der Waals surface area contributed by atoms with Crippen LogP contribution in [0, 0.1) is 10.8 Å². The summed E-state index contributed by atoms with van der Waals surface area (Å²) in [4.78, 5) is 40.1. The van der Waals surface area contributed by atoms with Crippen molar-refractivity contribution in [3.05, 3.63) is 96.1 Å². The summed E-state index contributed by atoms with van der Waals surface area (Å²) in [5.41, 5.74) is 2.74. The number of rotatable bonds is 10. The quantitative estimate of drug-likeness (QED) is 0.118. The van der Waals surface area contributed by atoms with Crippen LogP contribution in [0.3, 0.4) is 0 Å². The van der Waals surface area contributed by atoms with E-state index in [1.165, 1.54) is 0 Å². The van der Waals surface area contributed by atoms with Crippen LogP contribution in [-0.4, -0.2) is 50.4 Å². The smallest absolute Gasteiger partial charge is 0.413 e. The molecule has 0 unspecified atom stereocenters. The first-order chi connectivity index (χ1) is 20.6. The molecule has 2 aromatic carbocycles. The maximum Gasteiger partial charge on any atom is 0.413 e. The van der Waals surface area contributed by atoms with Crippen molar-refractivity contribution < 1.29 is 28.6 Å². The van der Waals surface area contributed by atoms with Gasteiger partial charge in [-0.05, 0) is 38.5 Å². The van der Waals surface area contributed by atoms with Gasteiger partial charge in [-0.1, -0.05) is 54.6 Å². The average Bonchev–Trinajstić information content (AvgIpc) is 3.48. The summed E-state index contributed by atoms with van der Waals surface area (Å²) in [6.45, 7) is 4.83. The Kier molecular flexibility index (Phi) is 9.94. The van der Waals surface area contributed by atoms with Crippen molar-refractivity contribution in [2.24, 2.45) is 5.41 Å². The van der Waals surface area contributed by atoms with Gasteiger partial charge in [0.25, 0.3) is 0 Å². The molecule has 0 aliphatic rings. The zero-order valence-corrected chi connectivity index (χ0v) is 24.1. The van der Waals surface area contributed by atoms with Gasteiger partial charge in [-0.25, -0.2) is 9.78 Å². The SMILES string of the molecule is CC(C)(C)C(=O)OCOC(=O)CCc1cn(-c2ccc(-c3ccc(C(=N)NC(=O)OCc4ccccc4)cc3)nn2)cn1. The van der Waals surface area contributed by atoms with E-state index in [4.69, 9.17) is 19.6 Å². The molecular formula is C31H32N6O6. The number of amides is 1. The number of nitrogens with zero attached hydrogens (tertiary/aromatic N) is 4. The van der Waals surface area contributed by atoms with E-state index in [2.05, 4.69) is 20.5 Å². The standard InChI is InChI=1S/C31H32N6O6/c1-31(2,3)29(39)43-20-42-27(38)16-13-24-17-37(19-33-24)26-15-14-25(35-36-26)22-9-11-23(12-10-22)28(32)34-30(40)41-18-21-7-5-4-6-8-21/h4-12,14-15,17,19H,13,16,18,20H2,1-3H3,(H2,32,34,40). The fourth-order valence-corrected chi connectivity index (χ4v) is 3.64. The molecule has 2 aromatic heterocycles. The molecule has 0 fully saturated rings. The molecule has 2 N–H and O–H groups in total. The number of alkyl carbamates (subject to hydrolysis) is 1. The number of carbonyl (C=O) groups excluding carboxylic acids is 3. The van der Waals surface area contributed by atoms with Gasteiger partial charge in [-0.15, -0.1) is 10.2 Å². The number of hydrogen-bond acceptors (Lipinski definition) is 10. The Morgan fingerprint density at radius 1 is 0.907 bits per heavy atom. The minimum atomic E-state index is -0.708. The van der Waals surface area contributed by atoms with Gasteiger partial charge in [0.05, 0.1) is 23.2 Å². The summed E-state index contributed by atoms with van der Waals surface area (Å²) in [5.74, 6) is -0.495. The number of benzene rings is 2. The fourth-order valence-electron chi connectivity index (χ4n) is 3.64. The van der Waals surface area contributed by atoms with Crippen LogP contribution in [0.2, 0.25) is 0 Å². The summed E-state index contributed by atoms with van der Waals surface area (Å²) in [6, 6.07) is 19.8. The lowest BCUT2D eigenvalue weighted by atomic mass is 9.98. The summed E-state index contributed by atoms with van der Waals surface area (Å²) in [5, 5.41) is 19.2. The van der Waals surface area contributed by atoms with Gasteiger partial charge in [0.1, 0.15) is 18.8 Å². The molecule has 12 heteroatoms. The Labute approximate surface area is 248 Å². The molecule has 1 amide bonds. The normalized spacial score (nSPS) is 11.0. The van der Waals surface area contributed by atoms with E-state index >= 15 is 0 Å². The highest BCUT2D eigenvalue weighted by Crippen LogP contribution is 2.19.